The van der Waals surface area contributed by atoms with Crippen LogP contribution in [0, 0.1) is 0 Å². The van der Waals surface area contributed by atoms with E-state index in [2.05, 4.69) is 32.3 Å². The number of hydrogen-bond acceptors (Lipinski definition) is 3. The Hall–Kier alpha value is -0.220. The molecule has 1 heterocycles. The van der Waals surface area contributed by atoms with Gasteiger partial charge in [-0.25, -0.2) is 0 Å². The average Bonchev–Trinajstić information content (AvgIpc) is 2.47. The van der Waals surface area contributed by atoms with Crippen LogP contribution < -0.4 is 5.32 Å². The fourth-order valence-corrected chi connectivity index (χ4v) is 2.89. The van der Waals surface area contributed by atoms with Gasteiger partial charge < -0.3 is 4.90 Å². The highest BCUT2D eigenvalue weighted by molar-refractivity contribution is 7.98. The van der Waals surface area contributed by atoms with Crippen molar-refractivity contribution in [2.24, 2.45) is 0 Å². The van der Waals surface area contributed by atoms with E-state index in [1.165, 1.54) is 0 Å². The summed E-state index contributed by atoms with van der Waals surface area (Å²) in [5.41, 5.74) is -0.354. The molecule has 4 heteroatoms. The maximum atomic E-state index is 12.3. The van der Waals surface area contributed by atoms with Gasteiger partial charge in [-0.2, -0.15) is 11.8 Å². The molecule has 1 rings (SSSR count). The van der Waals surface area contributed by atoms with Gasteiger partial charge in [0.2, 0.25) is 5.91 Å². The molecule has 0 aliphatic carbocycles. The first kappa shape index (κ1) is 13.8. The van der Waals surface area contributed by atoms with Crippen molar-refractivity contribution in [1.82, 2.24) is 10.2 Å². The number of carbonyl (C=O) groups excluding carboxylic acids is 1. The summed E-state index contributed by atoms with van der Waals surface area (Å²) in [6.07, 6.45) is 4.19. The Kier molecular flexibility index (Phi) is 4.68. The van der Waals surface area contributed by atoms with E-state index in [1.807, 2.05) is 23.6 Å². The molecule has 1 amide bonds. The minimum Gasteiger partial charge on any atom is -0.323 e. The van der Waals surface area contributed by atoms with Crippen LogP contribution >= 0.6 is 11.8 Å². The maximum absolute atomic E-state index is 12.3. The lowest BCUT2D eigenvalue weighted by Crippen LogP contribution is -2.44. The largest absolute Gasteiger partial charge is 0.323 e. The Morgan fingerprint density at radius 2 is 2.25 bits per heavy atom. The van der Waals surface area contributed by atoms with Crippen LogP contribution in [-0.2, 0) is 4.79 Å². The number of rotatable bonds is 5. The first-order valence-electron chi connectivity index (χ1n) is 6.05. The van der Waals surface area contributed by atoms with Crippen LogP contribution in [0.1, 0.15) is 40.5 Å². The van der Waals surface area contributed by atoms with Gasteiger partial charge in [-0.1, -0.05) is 6.92 Å². The predicted molar refractivity (Wildman–Crippen MR) is 70.6 cm³/mol. The third-order valence-electron chi connectivity index (χ3n) is 3.57. The first-order chi connectivity index (χ1) is 7.46. The monoisotopic (exact) mass is 244 g/mol. The van der Waals surface area contributed by atoms with Crippen molar-refractivity contribution in [3.8, 4) is 0 Å². The molecule has 0 aromatic heterocycles. The molecule has 94 valence electrons. The average molecular weight is 244 g/mol. The summed E-state index contributed by atoms with van der Waals surface area (Å²) >= 11 is 1.84. The van der Waals surface area contributed by atoms with Crippen molar-refractivity contribution in [2.75, 3.05) is 12.0 Å². The van der Waals surface area contributed by atoms with E-state index in [9.17, 15) is 4.79 Å². The van der Waals surface area contributed by atoms with Crippen molar-refractivity contribution in [1.29, 1.82) is 0 Å². The summed E-state index contributed by atoms with van der Waals surface area (Å²) < 4.78 is 0. The number of nitrogens with one attached hydrogen (secondary N) is 1. The molecule has 0 aromatic rings. The SMILES string of the molecule is CCC1(C)NC(C)N(C(C)CCSC)C1=O. The second-order valence-electron chi connectivity index (χ2n) is 4.85. The van der Waals surface area contributed by atoms with Crippen LogP contribution in [0.25, 0.3) is 0 Å². The van der Waals surface area contributed by atoms with Crippen molar-refractivity contribution < 1.29 is 4.79 Å². The van der Waals surface area contributed by atoms with Crippen LogP contribution in [0.3, 0.4) is 0 Å². The van der Waals surface area contributed by atoms with Crippen LogP contribution in [-0.4, -0.2) is 40.6 Å². The van der Waals surface area contributed by atoms with Crippen molar-refractivity contribution in [3.63, 3.8) is 0 Å². The van der Waals surface area contributed by atoms with E-state index in [1.54, 1.807) is 0 Å². The van der Waals surface area contributed by atoms with Gasteiger partial charge in [-0.05, 0) is 45.6 Å². The molecule has 0 bridgehead atoms. The standard InChI is InChI=1S/C12H24N2OS/c1-6-12(4)11(15)14(10(3)13-12)9(2)7-8-16-5/h9-10,13H,6-8H2,1-5H3. The van der Waals surface area contributed by atoms with Crippen molar-refractivity contribution >= 4 is 17.7 Å². The van der Waals surface area contributed by atoms with Gasteiger partial charge in [0.05, 0.1) is 11.7 Å². The van der Waals surface area contributed by atoms with Gasteiger partial charge >= 0.3 is 0 Å². The minimum absolute atomic E-state index is 0.161. The van der Waals surface area contributed by atoms with Crippen LogP contribution in [0.5, 0.6) is 0 Å². The molecule has 0 aromatic carbocycles. The molecule has 1 aliphatic rings. The highest BCUT2D eigenvalue weighted by Crippen LogP contribution is 2.26. The summed E-state index contributed by atoms with van der Waals surface area (Å²) in [7, 11) is 0. The molecule has 0 spiro atoms. The van der Waals surface area contributed by atoms with Crippen LogP contribution in [0.2, 0.25) is 0 Å². The summed E-state index contributed by atoms with van der Waals surface area (Å²) in [4.78, 5) is 14.3. The van der Waals surface area contributed by atoms with E-state index in [0.717, 1.165) is 18.6 Å². The van der Waals surface area contributed by atoms with Gasteiger partial charge in [0, 0.05) is 6.04 Å². The highest BCUT2D eigenvalue weighted by atomic mass is 32.2. The predicted octanol–water partition coefficient (Wildman–Crippen LogP) is 2.07. The Bertz CT molecular complexity index is 259. The van der Waals surface area contributed by atoms with Gasteiger partial charge in [-0.3, -0.25) is 10.1 Å². The Labute approximate surface area is 103 Å². The summed E-state index contributed by atoms with van der Waals surface area (Å²) in [6, 6.07) is 0.329. The van der Waals surface area contributed by atoms with Gasteiger partial charge in [-0.15, -0.1) is 0 Å². The van der Waals surface area contributed by atoms with E-state index >= 15 is 0 Å². The van der Waals surface area contributed by atoms with E-state index in [0.29, 0.717) is 6.04 Å². The topological polar surface area (TPSA) is 32.3 Å². The normalized spacial score (nSPS) is 32.2. The minimum atomic E-state index is -0.354. The van der Waals surface area contributed by atoms with Crippen LogP contribution in [0.4, 0.5) is 0 Å². The molecule has 1 fully saturated rings. The quantitative estimate of drug-likeness (QED) is 0.803. The molecular formula is C12H24N2OS. The van der Waals surface area contributed by atoms with Gasteiger partial charge in [0.25, 0.3) is 0 Å². The summed E-state index contributed by atoms with van der Waals surface area (Å²) in [6.45, 7) is 8.29. The highest BCUT2D eigenvalue weighted by Gasteiger charge is 2.46. The molecule has 0 radical (unpaired) electrons. The molecule has 0 saturated carbocycles. The molecule has 1 aliphatic heterocycles. The van der Waals surface area contributed by atoms with Crippen molar-refractivity contribution in [3.05, 3.63) is 0 Å². The van der Waals surface area contributed by atoms with E-state index in [-0.39, 0.29) is 17.6 Å². The van der Waals surface area contributed by atoms with Crippen LogP contribution in [0.15, 0.2) is 0 Å². The fourth-order valence-electron chi connectivity index (χ4n) is 2.32. The lowest BCUT2D eigenvalue weighted by Gasteiger charge is -2.28. The third-order valence-corrected chi connectivity index (χ3v) is 4.22. The number of hydrogen-bond donors (Lipinski definition) is 1. The van der Waals surface area contributed by atoms with Gasteiger partial charge in [0.1, 0.15) is 0 Å². The van der Waals surface area contributed by atoms with E-state index in [4.69, 9.17) is 0 Å². The smallest absolute Gasteiger partial charge is 0.244 e. The molecular weight excluding hydrogens is 220 g/mol. The first-order valence-corrected chi connectivity index (χ1v) is 7.45. The molecule has 1 N–H and O–H groups in total. The number of nitrogens with zero attached hydrogens (tertiary/aromatic N) is 1. The third kappa shape index (κ3) is 2.54. The Morgan fingerprint density at radius 3 is 2.69 bits per heavy atom. The van der Waals surface area contributed by atoms with Gasteiger partial charge in [0.15, 0.2) is 0 Å². The second kappa shape index (κ2) is 5.41. The second-order valence-corrected chi connectivity index (χ2v) is 5.83. The molecule has 16 heavy (non-hydrogen) atoms. The lowest BCUT2D eigenvalue weighted by molar-refractivity contribution is -0.134. The van der Waals surface area contributed by atoms with Crippen molar-refractivity contribution in [2.45, 2.75) is 58.3 Å². The Morgan fingerprint density at radius 1 is 1.62 bits per heavy atom. The molecule has 3 atom stereocenters. The van der Waals surface area contributed by atoms with E-state index < -0.39 is 0 Å². The molecule has 3 unspecified atom stereocenters. The lowest BCUT2D eigenvalue weighted by atomic mass is 9.99. The summed E-state index contributed by atoms with van der Waals surface area (Å²) in [5, 5.41) is 3.41. The zero-order valence-electron chi connectivity index (χ0n) is 11.0. The fraction of sp³-hybridized carbons (Fsp3) is 0.917. The molecule has 3 nitrogen and oxygen atoms in total. The zero-order chi connectivity index (χ0) is 12.3. The molecule has 1 saturated heterocycles. The number of carbonyl (C=O) groups is 1. The Balaban J connectivity index is 2.70. The summed E-state index contributed by atoms with van der Waals surface area (Å²) in [5.74, 6) is 1.37. The maximum Gasteiger partial charge on any atom is 0.244 e. The number of amides is 1. The zero-order valence-corrected chi connectivity index (χ0v) is 11.9. The number of thioether (sulfide) groups is 1.